The van der Waals surface area contributed by atoms with Gasteiger partial charge in [0.25, 0.3) is 0 Å². The number of hydrogen-bond donors (Lipinski definition) is 0. The Morgan fingerprint density at radius 1 is 0.604 bits per heavy atom. The van der Waals surface area contributed by atoms with E-state index >= 15 is 0 Å². The van der Waals surface area contributed by atoms with Gasteiger partial charge in [0.2, 0.25) is 0 Å². The van der Waals surface area contributed by atoms with Crippen molar-refractivity contribution in [1.82, 2.24) is 4.57 Å². The van der Waals surface area contributed by atoms with Crippen LogP contribution >= 0.6 is 0 Å². The molecule has 2 nitrogen and oxygen atoms in total. The van der Waals surface area contributed by atoms with Gasteiger partial charge in [-0.2, -0.15) is 0 Å². The van der Waals surface area contributed by atoms with Crippen molar-refractivity contribution in [2.24, 2.45) is 5.92 Å². The Balaban J connectivity index is 1.15. The Morgan fingerprint density at radius 3 is 2.21 bits per heavy atom. The van der Waals surface area contributed by atoms with Crippen LogP contribution in [-0.2, 0) is 0 Å². The van der Waals surface area contributed by atoms with E-state index in [2.05, 4.69) is 179 Å². The molecule has 1 saturated heterocycles. The number of nitrogens with zero attached hydrogens (tertiary/aromatic N) is 2. The Morgan fingerprint density at radius 2 is 1.35 bits per heavy atom. The predicted octanol–water partition coefficient (Wildman–Crippen LogP) is 11.1. The molecule has 0 amide bonds. The molecule has 2 heterocycles. The predicted molar refractivity (Wildman–Crippen MR) is 201 cm³/mol. The number of fused-ring (bicyclic) bond motifs is 7. The molecule has 4 aliphatic rings. The zero-order valence-corrected chi connectivity index (χ0v) is 26.8. The average molecular weight is 617 g/mol. The van der Waals surface area contributed by atoms with Gasteiger partial charge < -0.3 is 9.47 Å². The molecule has 4 atom stereocenters. The highest BCUT2D eigenvalue weighted by Gasteiger charge is 2.50. The van der Waals surface area contributed by atoms with Crippen molar-refractivity contribution in [3.63, 3.8) is 0 Å². The lowest BCUT2D eigenvalue weighted by atomic mass is 9.74. The molecular formula is C46H36N2. The maximum atomic E-state index is 2.73. The molecule has 4 unspecified atom stereocenters. The van der Waals surface area contributed by atoms with Crippen molar-refractivity contribution in [3.05, 3.63) is 192 Å². The fraction of sp³-hybridized carbons (Fsp3) is 0.130. The second-order valence-electron chi connectivity index (χ2n) is 13.5. The highest BCUT2D eigenvalue weighted by atomic mass is 15.2. The van der Waals surface area contributed by atoms with Crippen LogP contribution in [0, 0.1) is 5.92 Å². The molecule has 0 radical (unpaired) electrons. The fourth-order valence-electron chi connectivity index (χ4n) is 9.07. The fourth-order valence-corrected chi connectivity index (χ4v) is 9.07. The molecule has 0 bridgehead atoms. The van der Waals surface area contributed by atoms with Crippen LogP contribution in [-0.4, -0.2) is 16.7 Å². The molecule has 1 aromatic heterocycles. The summed E-state index contributed by atoms with van der Waals surface area (Å²) in [4.78, 5) is 2.73. The van der Waals surface area contributed by atoms with Crippen molar-refractivity contribution < 1.29 is 0 Å². The average Bonchev–Trinajstić information content (AvgIpc) is 3.69. The number of aromatic nitrogens is 1. The van der Waals surface area contributed by atoms with Crippen molar-refractivity contribution in [3.8, 4) is 16.8 Å². The summed E-state index contributed by atoms with van der Waals surface area (Å²) in [6, 6.07) is 47.3. The maximum absolute atomic E-state index is 2.73. The second-order valence-corrected chi connectivity index (χ2v) is 13.5. The Bertz CT molecular complexity index is 2350. The van der Waals surface area contributed by atoms with E-state index in [0.717, 1.165) is 12.8 Å². The van der Waals surface area contributed by atoms with Crippen LogP contribution in [0.3, 0.4) is 0 Å². The summed E-state index contributed by atoms with van der Waals surface area (Å²) in [6.45, 7) is 0. The summed E-state index contributed by atoms with van der Waals surface area (Å²) >= 11 is 0. The first kappa shape index (κ1) is 27.5. The van der Waals surface area contributed by atoms with Crippen molar-refractivity contribution in [2.45, 2.75) is 30.8 Å². The minimum absolute atomic E-state index is 0.198. The smallest absolute Gasteiger partial charge is 0.0622 e. The van der Waals surface area contributed by atoms with Gasteiger partial charge in [-0.25, -0.2) is 0 Å². The van der Waals surface area contributed by atoms with E-state index in [4.69, 9.17) is 0 Å². The minimum Gasteiger partial charge on any atom is -0.356 e. The van der Waals surface area contributed by atoms with E-state index in [1.807, 2.05) is 0 Å². The molecular weight excluding hydrogens is 581 g/mol. The van der Waals surface area contributed by atoms with E-state index in [9.17, 15) is 0 Å². The Hall–Kier alpha value is -5.60. The first-order chi connectivity index (χ1) is 23.8. The third kappa shape index (κ3) is 4.12. The number of benzene rings is 5. The summed E-state index contributed by atoms with van der Waals surface area (Å²) < 4.78 is 2.46. The summed E-state index contributed by atoms with van der Waals surface area (Å²) in [5.74, 6) is 0.562. The molecule has 0 N–H and O–H groups in total. The normalized spacial score (nSPS) is 22.6. The van der Waals surface area contributed by atoms with Crippen molar-refractivity contribution in [2.75, 3.05) is 4.90 Å². The molecule has 1 fully saturated rings. The molecule has 0 saturated carbocycles. The molecule has 2 heteroatoms. The summed E-state index contributed by atoms with van der Waals surface area (Å²) in [5.41, 5.74) is 13.4. The quantitative estimate of drug-likeness (QED) is 0.191. The molecule has 6 aromatic rings. The van der Waals surface area contributed by atoms with Gasteiger partial charge in [-0.15, -0.1) is 0 Å². The molecule has 3 aliphatic carbocycles. The lowest BCUT2D eigenvalue weighted by Gasteiger charge is -2.37. The third-order valence-electron chi connectivity index (χ3n) is 11.1. The van der Waals surface area contributed by atoms with Gasteiger partial charge in [-0.1, -0.05) is 134 Å². The van der Waals surface area contributed by atoms with Gasteiger partial charge in [0.1, 0.15) is 0 Å². The summed E-state index contributed by atoms with van der Waals surface area (Å²) in [5, 5.41) is 2.66. The van der Waals surface area contributed by atoms with Gasteiger partial charge in [-0.05, 0) is 82.6 Å². The molecule has 0 spiro atoms. The van der Waals surface area contributed by atoms with Crippen LogP contribution in [0.1, 0.15) is 24.3 Å². The van der Waals surface area contributed by atoms with Crippen LogP contribution < -0.4 is 4.90 Å². The second kappa shape index (κ2) is 11.0. The number of anilines is 1. The van der Waals surface area contributed by atoms with Gasteiger partial charge in [-0.3, -0.25) is 0 Å². The zero-order chi connectivity index (χ0) is 31.6. The van der Waals surface area contributed by atoms with E-state index in [-0.39, 0.29) is 18.0 Å². The topological polar surface area (TPSA) is 8.17 Å². The standard InChI is InChI=1S/C46H36N2/c1-3-13-31(14-4-1)32-25-28-35(29-26-32)47-41-23-10-9-19-39(41)45-37(20-12-24-42(45)47)38-21-11-22-40-44-36-18-8-7-15-33(36)27-30-43(44)48(46(38)40)34-16-5-2-6-17-34/h1-6,8-14,16-30,38,43-44,46H,7,15H2. The van der Waals surface area contributed by atoms with Gasteiger partial charge in [0.05, 0.1) is 23.1 Å². The van der Waals surface area contributed by atoms with Gasteiger partial charge in [0, 0.05) is 34.0 Å². The number of rotatable bonds is 4. The third-order valence-corrected chi connectivity index (χ3v) is 11.1. The van der Waals surface area contributed by atoms with Crippen LogP contribution in [0.15, 0.2) is 187 Å². The van der Waals surface area contributed by atoms with E-state index in [0.29, 0.717) is 5.92 Å². The molecule has 10 rings (SSSR count). The minimum atomic E-state index is 0.198. The number of allylic oxidation sites excluding steroid dienone is 6. The molecule has 48 heavy (non-hydrogen) atoms. The van der Waals surface area contributed by atoms with Crippen LogP contribution in [0.2, 0.25) is 0 Å². The highest BCUT2D eigenvalue weighted by molar-refractivity contribution is 6.11. The Kier molecular flexibility index (Phi) is 6.30. The Labute approximate surface area is 282 Å². The number of para-hydroxylation sites is 2. The highest BCUT2D eigenvalue weighted by Crippen LogP contribution is 2.53. The summed E-state index contributed by atoms with van der Waals surface area (Å²) in [7, 11) is 0. The summed E-state index contributed by atoms with van der Waals surface area (Å²) in [6.07, 6.45) is 19.2. The van der Waals surface area contributed by atoms with Crippen LogP contribution in [0.25, 0.3) is 38.6 Å². The molecule has 5 aromatic carbocycles. The van der Waals surface area contributed by atoms with Crippen LogP contribution in [0.4, 0.5) is 5.69 Å². The van der Waals surface area contributed by atoms with Crippen molar-refractivity contribution in [1.29, 1.82) is 0 Å². The molecule has 230 valence electrons. The lowest BCUT2D eigenvalue weighted by molar-refractivity contribution is 0.628. The lowest BCUT2D eigenvalue weighted by Crippen LogP contribution is -2.40. The van der Waals surface area contributed by atoms with E-state index < -0.39 is 0 Å². The zero-order valence-electron chi connectivity index (χ0n) is 26.8. The molecule has 1 aliphatic heterocycles. The first-order valence-electron chi connectivity index (χ1n) is 17.3. The number of hydrogen-bond acceptors (Lipinski definition) is 1. The SMILES string of the molecule is C1=CC(c2cccc3c2c2ccccc2n3-c2ccc(-c3ccccc3)cc2)C2C(=C1)C1C3=C(C=CC1N2c1ccccc1)CCC=C3. The first-order valence-corrected chi connectivity index (χ1v) is 17.3. The van der Waals surface area contributed by atoms with E-state index in [1.165, 1.54) is 66.6 Å². The largest absolute Gasteiger partial charge is 0.356 e. The van der Waals surface area contributed by atoms with Crippen LogP contribution in [0.5, 0.6) is 0 Å². The maximum Gasteiger partial charge on any atom is 0.0622 e. The van der Waals surface area contributed by atoms with Crippen molar-refractivity contribution >= 4 is 27.5 Å². The monoisotopic (exact) mass is 616 g/mol. The van der Waals surface area contributed by atoms with Gasteiger partial charge >= 0.3 is 0 Å². The van der Waals surface area contributed by atoms with E-state index in [1.54, 1.807) is 0 Å². The van der Waals surface area contributed by atoms with Gasteiger partial charge in [0.15, 0.2) is 0 Å².